The van der Waals surface area contributed by atoms with Gasteiger partial charge in [-0.2, -0.15) is 0 Å². The Balaban J connectivity index is 1.92. The second-order valence-electron chi connectivity index (χ2n) is 4.72. The molecular weight excluding hydrogens is 327 g/mol. The van der Waals surface area contributed by atoms with Crippen LogP contribution in [0.25, 0.3) is 0 Å². The highest BCUT2D eigenvalue weighted by molar-refractivity contribution is 14.1. The average molecular weight is 346 g/mol. The first-order valence-electron chi connectivity index (χ1n) is 6.14. The van der Waals surface area contributed by atoms with Crippen LogP contribution in [-0.4, -0.2) is 17.8 Å². The summed E-state index contributed by atoms with van der Waals surface area (Å²) in [4.78, 5) is 0. The summed E-state index contributed by atoms with van der Waals surface area (Å²) in [6, 6.07) is 6.00. The molecule has 0 amide bonds. The van der Waals surface area contributed by atoms with Crippen LogP contribution in [0.4, 0.5) is 11.4 Å². The molecule has 17 heavy (non-hydrogen) atoms. The fraction of sp³-hybridized carbons (Fsp3) is 0.538. The summed E-state index contributed by atoms with van der Waals surface area (Å²) in [6.07, 6.45) is 4.28. The lowest BCUT2D eigenvalue weighted by molar-refractivity contribution is 0.0763. The minimum absolute atomic E-state index is 0.152. The Morgan fingerprint density at radius 2 is 2.12 bits per heavy atom. The predicted octanol–water partition coefficient (Wildman–Crippen LogP) is 2.84. The molecule has 0 aromatic heterocycles. The molecule has 1 fully saturated rings. The Morgan fingerprint density at radius 1 is 1.35 bits per heavy atom. The number of nitrogen functional groups attached to an aromatic ring is 1. The second-order valence-corrected chi connectivity index (χ2v) is 5.97. The zero-order valence-electron chi connectivity index (χ0n) is 9.82. The van der Waals surface area contributed by atoms with E-state index in [1.165, 1.54) is 6.42 Å². The first kappa shape index (κ1) is 13.0. The number of nitrogens with one attached hydrogen (secondary N) is 1. The maximum Gasteiger partial charge on any atom is 0.0585 e. The van der Waals surface area contributed by atoms with Crippen LogP contribution in [0.5, 0.6) is 0 Å². The van der Waals surface area contributed by atoms with Crippen LogP contribution in [0.15, 0.2) is 18.2 Å². The lowest BCUT2D eigenvalue weighted by atomic mass is 9.86. The van der Waals surface area contributed by atoms with Gasteiger partial charge < -0.3 is 16.2 Å². The molecular formula is C13H19IN2O. The van der Waals surface area contributed by atoms with E-state index in [2.05, 4.69) is 27.9 Å². The van der Waals surface area contributed by atoms with Crippen molar-refractivity contribution in [1.82, 2.24) is 0 Å². The highest BCUT2D eigenvalue weighted by Gasteiger charge is 2.22. The smallest absolute Gasteiger partial charge is 0.0585 e. The molecule has 2 atom stereocenters. The summed E-state index contributed by atoms with van der Waals surface area (Å²) < 4.78 is 1.14. The summed E-state index contributed by atoms with van der Waals surface area (Å²) in [5, 5.41) is 13.2. The zero-order chi connectivity index (χ0) is 12.3. The highest BCUT2D eigenvalue weighted by atomic mass is 127. The minimum Gasteiger partial charge on any atom is -0.397 e. The van der Waals surface area contributed by atoms with Crippen molar-refractivity contribution in [3.05, 3.63) is 21.8 Å². The highest BCUT2D eigenvalue weighted by Crippen LogP contribution is 2.26. The first-order valence-corrected chi connectivity index (χ1v) is 7.21. The first-order chi connectivity index (χ1) is 8.16. The van der Waals surface area contributed by atoms with Gasteiger partial charge >= 0.3 is 0 Å². The van der Waals surface area contributed by atoms with Crippen molar-refractivity contribution in [1.29, 1.82) is 0 Å². The molecule has 1 aromatic carbocycles. The zero-order valence-corrected chi connectivity index (χ0v) is 12.0. The van der Waals surface area contributed by atoms with Crippen molar-refractivity contribution in [3.8, 4) is 0 Å². The Labute approximate surface area is 116 Å². The van der Waals surface area contributed by atoms with E-state index in [0.29, 0.717) is 5.92 Å². The molecule has 1 saturated carbocycles. The number of anilines is 2. The summed E-state index contributed by atoms with van der Waals surface area (Å²) >= 11 is 2.25. The van der Waals surface area contributed by atoms with Gasteiger partial charge in [0.15, 0.2) is 0 Å². The van der Waals surface area contributed by atoms with Gasteiger partial charge in [-0.3, -0.25) is 0 Å². The number of aliphatic hydroxyl groups excluding tert-OH is 1. The molecule has 0 heterocycles. The Bertz CT molecular complexity index is 384. The lowest BCUT2D eigenvalue weighted by Gasteiger charge is -2.28. The van der Waals surface area contributed by atoms with Crippen LogP contribution in [0.2, 0.25) is 0 Å². The van der Waals surface area contributed by atoms with Crippen molar-refractivity contribution >= 4 is 34.0 Å². The maximum atomic E-state index is 9.89. The number of benzene rings is 1. The van der Waals surface area contributed by atoms with Gasteiger partial charge in [0.05, 0.1) is 17.5 Å². The van der Waals surface area contributed by atoms with E-state index in [4.69, 9.17) is 5.73 Å². The van der Waals surface area contributed by atoms with Gasteiger partial charge in [0.2, 0.25) is 0 Å². The van der Waals surface area contributed by atoms with E-state index < -0.39 is 0 Å². The molecule has 0 saturated heterocycles. The number of hydrogen-bond acceptors (Lipinski definition) is 3. The molecule has 2 rings (SSSR count). The van der Waals surface area contributed by atoms with Crippen molar-refractivity contribution < 1.29 is 5.11 Å². The van der Waals surface area contributed by atoms with E-state index in [0.717, 1.165) is 40.8 Å². The summed E-state index contributed by atoms with van der Waals surface area (Å²) in [6.45, 7) is 0.811. The fourth-order valence-corrected chi connectivity index (χ4v) is 2.88. The van der Waals surface area contributed by atoms with Crippen LogP contribution < -0.4 is 11.1 Å². The van der Waals surface area contributed by atoms with Crippen LogP contribution in [0.1, 0.15) is 25.7 Å². The predicted molar refractivity (Wildman–Crippen MR) is 80.0 cm³/mol. The van der Waals surface area contributed by atoms with Gasteiger partial charge in [-0.15, -0.1) is 0 Å². The monoisotopic (exact) mass is 346 g/mol. The molecule has 0 bridgehead atoms. The molecule has 0 spiro atoms. The largest absolute Gasteiger partial charge is 0.397 e. The van der Waals surface area contributed by atoms with Crippen LogP contribution in [0, 0.1) is 9.49 Å². The van der Waals surface area contributed by atoms with Crippen molar-refractivity contribution in [2.24, 2.45) is 5.92 Å². The van der Waals surface area contributed by atoms with Crippen LogP contribution in [0.3, 0.4) is 0 Å². The molecule has 1 aliphatic rings. The molecule has 2 unspecified atom stereocenters. The van der Waals surface area contributed by atoms with Gasteiger partial charge in [-0.05, 0) is 53.6 Å². The molecule has 4 heteroatoms. The normalized spacial score (nSPS) is 24.6. The van der Waals surface area contributed by atoms with E-state index in [9.17, 15) is 5.11 Å². The Kier molecular flexibility index (Phi) is 4.50. The minimum atomic E-state index is -0.152. The molecule has 0 radical (unpaired) electrons. The Hall–Kier alpha value is -0.490. The lowest BCUT2D eigenvalue weighted by Crippen LogP contribution is -2.30. The topological polar surface area (TPSA) is 58.3 Å². The van der Waals surface area contributed by atoms with Gasteiger partial charge in [0.25, 0.3) is 0 Å². The number of nitrogens with two attached hydrogens (primary N) is 1. The van der Waals surface area contributed by atoms with Gasteiger partial charge in [-0.25, -0.2) is 0 Å². The van der Waals surface area contributed by atoms with Crippen LogP contribution >= 0.6 is 22.6 Å². The third kappa shape index (κ3) is 3.48. The quantitative estimate of drug-likeness (QED) is 0.583. The van der Waals surface area contributed by atoms with E-state index >= 15 is 0 Å². The number of halogens is 1. The molecule has 1 aromatic rings. The average Bonchev–Trinajstić information content (AvgIpc) is 2.30. The molecule has 0 aliphatic heterocycles. The third-order valence-corrected chi connectivity index (χ3v) is 4.11. The number of hydrogen-bond donors (Lipinski definition) is 3. The molecule has 94 valence electrons. The standard InChI is InChI=1S/C13H19IN2O/c14-10-5-6-12(11(15)7-10)16-8-9-3-1-2-4-13(9)17/h5-7,9,13,16-17H,1-4,8,15H2. The summed E-state index contributed by atoms with van der Waals surface area (Å²) in [7, 11) is 0. The van der Waals surface area contributed by atoms with Gasteiger partial charge in [-0.1, -0.05) is 12.8 Å². The maximum absolute atomic E-state index is 9.89. The van der Waals surface area contributed by atoms with Gasteiger partial charge in [0, 0.05) is 16.0 Å². The van der Waals surface area contributed by atoms with Crippen LogP contribution in [-0.2, 0) is 0 Å². The second kappa shape index (κ2) is 5.91. The summed E-state index contributed by atoms with van der Waals surface area (Å²) in [5.41, 5.74) is 7.70. The molecule has 4 N–H and O–H groups in total. The van der Waals surface area contributed by atoms with E-state index in [1.807, 2.05) is 18.2 Å². The third-order valence-electron chi connectivity index (χ3n) is 3.44. The SMILES string of the molecule is Nc1cc(I)ccc1NCC1CCCCC1O. The van der Waals surface area contributed by atoms with Crippen molar-refractivity contribution in [3.63, 3.8) is 0 Å². The summed E-state index contributed by atoms with van der Waals surface area (Å²) in [5.74, 6) is 0.363. The van der Waals surface area contributed by atoms with Crippen molar-refractivity contribution in [2.45, 2.75) is 31.8 Å². The number of aliphatic hydroxyl groups is 1. The molecule has 1 aliphatic carbocycles. The van der Waals surface area contributed by atoms with E-state index in [1.54, 1.807) is 0 Å². The number of rotatable bonds is 3. The Morgan fingerprint density at radius 3 is 2.82 bits per heavy atom. The van der Waals surface area contributed by atoms with Gasteiger partial charge in [0.1, 0.15) is 0 Å². The van der Waals surface area contributed by atoms with Crippen molar-refractivity contribution in [2.75, 3.05) is 17.6 Å². The van der Waals surface area contributed by atoms with E-state index in [-0.39, 0.29) is 6.10 Å². The fourth-order valence-electron chi connectivity index (χ4n) is 2.36. The molecule has 3 nitrogen and oxygen atoms in total.